The van der Waals surface area contributed by atoms with E-state index in [4.69, 9.17) is 9.84 Å². The molecule has 0 spiro atoms. The zero-order valence-corrected chi connectivity index (χ0v) is 17.7. The van der Waals surface area contributed by atoms with Crippen molar-refractivity contribution in [3.63, 3.8) is 0 Å². The lowest BCUT2D eigenvalue weighted by Crippen LogP contribution is -2.29. The lowest BCUT2D eigenvalue weighted by molar-refractivity contribution is -0.137. The van der Waals surface area contributed by atoms with Gasteiger partial charge >= 0.3 is 12.1 Å². The smallest absolute Gasteiger partial charge is 0.409 e. The van der Waals surface area contributed by atoms with Crippen molar-refractivity contribution in [3.05, 3.63) is 59.7 Å². The largest absolute Gasteiger partial charge is 0.481 e. The van der Waals surface area contributed by atoms with Gasteiger partial charge in [-0.25, -0.2) is 4.79 Å². The molecule has 0 saturated heterocycles. The van der Waals surface area contributed by atoms with Crippen molar-refractivity contribution in [3.8, 4) is 11.1 Å². The Morgan fingerprint density at radius 3 is 2.00 bits per heavy atom. The lowest BCUT2D eigenvalue weighted by atomic mass is 9.98. The standard InChI is InChI=1S/C25H31NO4/c1-26(17-11-5-3-2-4-6-16-24(27)28)25(29)30-18-23-21-14-9-7-12-19(21)20-13-8-10-15-22(20)23/h7-10,12-15,23H,2-6,11,16-18H2,1H3,(H,27,28). The van der Waals surface area contributed by atoms with Crippen LogP contribution in [0.1, 0.15) is 62.0 Å². The molecule has 2 aromatic rings. The molecule has 0 bridgehead atoms. The van der Waals surface area contributed by atoms with E-state index in [2.05, 4.69) is 24.3 Å². The number of unbranched alkanes of at least 4 members (excludes halogenated alkanes) is 5. The fourth-order valence-corrected chi connectivity index (χ4v) is 4.13. The van der Waals surface area contributed by atoms with E-state index in [-0.39, 0.29) is 18.4 Å². The second-order valence-electron chi connectivity index (χ2n) is 7.99. The molecule has 30 heavy (non-hydrogen) atoms. The van der Waals surface area contributed by atoms with E-state index in [0.29, 0.717) is 13.2 Å². The molecular weight excluding hydrogens is 378 g/mol. The summed E-state index contributed by atoms with van der Waals surface area (Å²) in [6.07, 6.45) is 5.75. The maximum absolute atomic E-state index is 12.4. The number of carbonyl (C=O) groups is 2. The van der Waals surface area contributed by atoms with Gasteiger partial charge in [-0.2, -0.15) is 0 Å². The van der Waals surface area contributed by atoms with E-state index in [0.717, 1.165) is 38.5 Å². The third kappa shape index (κ3) is 5.62. The number of hydrogen-bond acceptors (Lipinski definition) is 3. The molecule has 0 heterocycles. The predicted octanol–water partition coefficient (Wildman–Crippen LogP) is 5.68. The van der Waals surface area contributed by atoms with Crippen molar-refractivity contribution in [2.75, 3.05) is 20.2 Å². The van der Waals surface area contributed by atoms with E-state index in [1.54, 1.807) is 11.9 Å². The Bertz CT molecular complexity index is 818. The summed E-state index contributed by atoms with van der Waals surface area (Å²) in [5, 5.41) is 8.63. The summed E-state index contributed by atoms with van der Waals surface area (Å²) >= 11 is 0. The van der Waals surface area contributed by atoms with Crippen LogP contribution in [-0.2, 0) is 9.53 Å². The summed E-state index contributed by atoms with van der Waals surface area (Å²) in [5.41, 5.74) is 4.89. The summed E-state index contributed by atoms with van der Waals surface area (Å²) in [7, 11) is 1.78. The number of carboxylic acids is 1. The molecule has 0 atom stereocenters. The van der Waals surface area contributed by atoms with Crippen LogP contribution in [0.3, 0.4) is 0 Å². The van der Waals surface area contributed by atoms with Gasteiger partial charge in [0.05, 0.1) is 0 Å². The molecule has 0 aliphatic heterocycles. The second-order valence-corrected chi connectivity index (χ2v) is 7.99. The molecule has 1 N–H and O–H groups in total. The van der Waals surface area contributed by atoms with Crippen LogP contribution in [0.2, 0.25) is 0 Å². The van der Waals surface area contributed by atoms with E-state index in [1.807, 2.05) is 24.3 Å². The lowest BCUT2D eigenvalue weighted by Gasteiger charge is -2.19. The van der Waals surface area contributed by atoms with Crippen LogP contribution < -0.4 is 0 Å². The number of aliphatic carboxylic acids is 1. The number of benzene rings is 2. The van der Waals surface area contributed by atoms with Crippen LogP contribution in [0, 0.1) is 0 Å². The van der Waals surface area contributed by atoms with Gasteiger partial charge in [0.2, 0.25) is 0 Å². The number of carbonyl (C=O) groups excluding carboxylic acids is 1. The van der Waals surface area contributed by atoms with Gasteiger partial charge in [0.15, 0.2) is 0 Å². The molecule has 5 nitrogen and oxygen atoms in total. The highest BCUT2D eigenvalue weighted by molar-refractivity contribution is 5.79. The summed E-state index contributed by atoms with van der Waals surface area (Å²) in [4.78, 5) is 24.6. The van der Waals surface area contributed by atoms with Crippen LogP contribution in [0.4, 0.5) is 4.79 Å². The van der Waals surface area contributed by atoms with Gasteiger partial charge in [-0.3, -0.25) is 4.79 Å². The molecule has 1 aliphatic carbocycles. The Balaban J connectivity index is 1.40. The minimum atomic E-state index is -0.722. The van der Waals surface area contributed by atoms with E-state index in [9.17, 15) is 9.59 Å². The molecule has 0 radical (unpaired) electrons. The predicted molar refractivity (Wildman–Crippen MR) is 118 cm³/mol. The van der Waals surface area contributed by atoms with Gasteiger partial charge in [0, 0.05) is 25.9 Å². The van der Waals surface area contributed by atoms with Gasteiger partial charge in [-0.15, -0.1) is 0 Å². The second kappa shape index (κ2) is 10.8. The van der Waals surface area contributed by atoms with E-state index >= 15 is 0 Å². The number of amides is 1. The van der Waals surface area contributed by atoms with Gasteiger partial charge < -0.3 is 14.7 Å². The third-order valence-corrected chi connectivity index (χ3v) is 5.78. The number of rotatable bonds is 11. The Hall–Kier alpha value is -2.82. The summed E-state index contributed by atoms with van der Waals surface area (Å²) < 4.78 is 5.67. The first-order chi connectivity index (χ1) is 14.6. The summed E-state index contributed by atoms with van der Waals surface area (Å²) in [5.74, 6) is -0.639. The topological polar surface area (TPSA) is 66.8 Å². The number of hydrogen-bond donors (Lipinski definition) is 1. The van der Waals surface area contributed by atoms with Gasteiger partial charge in [-0.05, 0) is 35.1 Å². The van der Waals surface area contributed by atoms with Gasteiger partial charge in [-0.1, -0.05) is 74.2 Å². The van der Waals surface area contributed by atoms with E-state index in [1.165, 1.54) is 22.3 Å². The highest BCUT2D eigenvalue weighted by atomic mass is 16.6. The first kappa shape index (κ1) is 21.9. The maximum atomic E-state index is 12.4. The van der Waals surface area contributed by atoms with Crippen LogP contribution in [0.25, 0.3) is 11.1 Å². The summed E-state index contributed by atoms with van der Waals surface area (Å²) in [6, 6.07) is 16.7. The molecular formula is C25H31NO4. The average Bonchev–Trinajstić information content (AvgIpc) is 3.07. The first-order valence-corrected chi connectivity index (χ1v) is 10.9. The normalized spacial score (nSPS) is 12.3. The van der Waals surface area contributed by atoms with E-state index < -0.39 is 5.97 Å². The highest BCUT2D eigenvalue weighted by Crippen LogP contribution is 2.44. The molecule has 0 unspecified atom stereocenters. The van der Waals surface area contributed by atoms with Crippen LogP contribution in [0.5, 0.6) is 0 Å². The minimum absolute atomic E-state index is 0.0838. The van der Waals surface area contributed by atoms with Crippen LogP contribution in [-0.4, -0.2) is 42.3 Å². The average molecular weight is 410 g/mol. The quantitative estimate of drug-likeness (QED) is 0.485. The molecule has 1 aliphatic rings. The Morgan fingerprint density at radius 1 is 0.867 bits per heavy atom. The SMILES string of the molecule is CN(CCCCCCCCC(=O)O)C(=O)OCC1c2ccccc2-c2ccccc21. The molecule has 0 aromatic heterocycles. The Kier molecular flexibility index (Phi) is 7.89. The van der Waals surface area contributed by atoms with Crippen molar-refractivity contribution in [1.82, 2.24) is 4.90 Å². The fraction of sp³-hybridized carbons (Fsp3) is 0.440. The molecule has 2 aromatic carbocycles. The number of nitrogens with zero attached hydrogens (tertiary/aromatic N) is 1. The summed E-state index contributed by atoms with van der Waals surface area (Å²) in [6.45, 7) is 1.02. The van der Waals surface area contributed by atoms with Crippen molar-refractivity contribution < 1.29 is 19.4 Å². The number of ether oxygens (including phenoxy) is 1. The Morgan fingerprint density at radius 2 is 1.40 bits per heavy atom. The zero-order valence-electron chi connectivity index (χ0n) is 17.7. The van der Waals surface area contributed by atoms with Crippen molar-refractivity contribution in [2.24, 2.45) is 0 Å². The Labute approximate surface area is 178 Å². The minimum Gasteiger partial charge on any atom is -0.481 e. The molecule has 1 amide bonds. The van der Waals surface area contributed by atoms with Crippen molar-refractivity contribution in [2.45, 2.75) is 50.9 Å². The van der Waals surface area contributed by atoms with Crippen LogP contribution >= 0.6 is 0 Å². The zero-order chi connectivity index (χ0) is 21.3. The molecule has 0 fully saturated rings. The first-order valence-electron chi connectivity index (χ1n) is 10.9. The molecule has 5 heteroatoms. The molecule has 160 valence electrons. The highest BCUT2D eigenvalue weighted by Gasteiger charge is 2.29. The molecule has 0 saturated carbocycles. The maximum Gasteiger partial charge on any atom is 0.409 e. The fourth-order valence-electron chi connectivity index (χ4n) is 4.13. The monoisotopic (exact) mass is 409 g/mol. The van der Waals surface area contributed by atoms with Crippen molar-refractivity contribution in [1.29, 1.82) is 0 Å². The van der Waals surface area contributed by atoms with Crippen molar-refractivity contribution >= 4 is 12.1 Å². The van der Waals surface area contributed by atoms with Gasteiger partial charge in [0.1, 0.15) is 6.61 Å². The third-order valence-electron chi connectivity index (χ3n) is 5.78. The van der Waals surface area contributed by atoms with Gasteiger partial charge in [0.25, 0.3) is 0 Å². The number of fused-ring (bicyclic) bond motifs is 3. The molecule has 3 rings (SSSR count). The number of carboxylic acid groups (broad SMARTS) is 1. The van der Waals surface area contributed by atoms with Crippen LogP contribution in [0.15, 0.2) is 48.5 Å².